The zero-order valence-corrected chi connectivity index (χ0v) is 10.1. The third kappa shape index (κ3) is 3.63. The van der Waals surface area contributed by atoms with E-state index in [2.05, 4.69) is 39.6 Å². The van der Waals surface area contributed by atoms with Crippen LogP contribution in [0.2, 0.25) is 0 Å². The van der Waals surface area contributed by atoms with Crippen molar-refractivity contribution in [2.75, 3.05) is 0 Å². The van der Waals surface area contributed by atoms with Gasteiger partial charge in [0, 0.05) is 18.8 Å². The number of aromatic nitrogens is 6. The molecule has 17 heavy (non-hydrogen) atoms. The van der Waals surface area contributed by atoms with Crippen molar-refractivity contribution in [2.24, 2.45) is 0 Å². The maximum Gasteiger partial charge on any atom is 0.137 e. The second-order valence-corrected chi connectivity index (χ2v) is 4.17. The number of rotatable bonds is 6. The number of nitrogens with one attached hydrogen (secondary N) is 1. The van der Waals surface area contributed by atoms with E-state index in [0.29, 0.717) is 6.04 Å². The van der Waals surface area contributed by atoms with Gasteiger partial charge < -0.3 is 5.32 Å². The molecule has 2 heterocycles. The normalized spacial score (nSPS) is 11.2. The predicted octanol–water partition coefficient (Wildman–Crippen LogP) is 0.0678. The monoisotopic (exact) mass is 235 g/mol. The summed E-state index contributed by atoms with van der Waals surface area (Å²) in [4.78, 5) is 3.89. The van der Waals surface area contributed by atoms with Gasteiger partial charge in [0.25, 0.3) is 0 Å². The number of nitrogens with zero attached hydrogens (tertiary/aromatic N) is 6. The van der Waals surface area contributed by atoms with Crippen molar-refractivity contribution in [2.45, 2.75) is 39.5 Å². The molecular weight excluding hydrogens is 218 g/mol. The van der Waals surface area contributed by atoms with Crippen LogP contribution >= 0.6 is 0 Å². The van der Waals surface area contributed by atoms with Gasteiger partial charge in [0.15, 0.2) is 0 Å². The van der Waals surface area contributed by atoms with Crippen LogP contribution in [-0.2, 0) is 19.6 Å². The van der Waals surface area contributed by atoms with E-state index in [4.69, 9.17) is 0 Å². The second-order valence-electron chi connectivity index (χ2n) is 4.17. The quantitative estimate of drug-likeness (QED) is 0.767. The molecule has 2 rings (SSSR count). The zero-order valence-electron chi connectivity index (χ0n) is 10.1. The molecule has 0 atom stereocenters. The van der Waals surface area contributed by atoms with Crippen molar-refractivity contribution >= 4 is 0 Å². The SMILES string of the molecule is CC(C)NCc1cn(CCn2cncn2)nn1. The predicted molar refractivity (Wildman–Crippen MR) is 62.0 cm³/mol. The third-order valence-electron chi connectivity index (χ3n) is 2.30. The minimum Gasteiger partial charge on any atom is -0.309 e. The van der Waals surface area contributed by atoms with Crippen LogP contribution in [0.4, 0.5) is 0 Å². The van der Waals surface area contributed by atoms with E-state index < -0.39 is 0 Å². The summed E-state index contributed by atoms with van der Waals surface area (Å²) in [7, 11) is 0. The summed E-state index contributed by atoms with van der Waals surface area (Å²) in [6, 6.07) is 0.454. The molecule has 0 saturated heterocycles. The van der Waals surface area contributed by atoms with E-state index >= 15 is 0 Å². The maximum atomic E-state index is 4.09. The van der Waals surface area contributed by atoms with Gasteiger partial charge in [-0.3, -0.25) is 9.36 Å². The lowest BCUT2D eigenvalue weighted by molar-refractivity contribution is 0.489. The number of aryl methyl sites for hydroxylation is 2. The Morgan fingerprint density at radius 3 is 2.82 bits per heavy atom. The highest BCUT2D eigenvalue weighted by Gasteiger charge is 2.01. The van der Waals surface area contributed by atoms with Crippen LogP contribution < -0.4 is 5.32 Å². The van der Waals surface area contributed by atoms with Crippen LogP contribution in [0.15, 0.2) is 18.9 Å². The molecule has 1 N–H and O–H groups in total. The fourth-order valence-corrected chi connectivity index (χ4v) is 1.39. The summed E-state index contributed by atoms with van der Waals surface area (Å²) in [5.41, 5.74) is 0.956. The van der Waals surface area contributed by atoms with Gasteiger partial charge in [-0.25, -0.2) is 4.98 Å². The molecule has 0 aliphatic rings. The standard InChI is InChI=1S/C10H17N7/c1-9(2)12-5-10-6-16(15-14-10)3-4-17-8-11-7-13-17/h6-9,12H,3-5H2,1-2H3. The Morgan fingerprint density at radius 1 is 1.29 bits per heavy atom. The Morgan fingerprint density at radius 2 is 2.12 bits per heavy atom. The van der Waals surface area contributed by atoms with E-state index in [1.54, 1.807) is 11.0 Å². The Balaban J connectivity index is 1.81. The average molecular weight is 235 g/mol. The lowest BCUT2D eigenvalue weighted by Crippen LogP contribution is -2.21. The molecule has 0 radical (unpaired) electrons. The fourth-order valence-electron chi connectivity index (χ4n) is 1.39. The minimum absolute atomic E-state index is 0.454. The topological polar surface area (TPSA) is 73.5 Å². The van der Waals surface area contributed by atoms with Crippen LogP contribution in [0.5, 0.6) is 0 Å². The van der Waals surface area contributed by atoms with Crippen LogP contribution in [0.25, 0.3) is 0 Å². The highest BCUT2D eigenvalue weighted by molar-refractivity contribution is 4.91. The van der Waals surface area contributed by atoms with Crippen LogP contribution in [0, 0.1) is 0 Å². The molecule has 0 spiro atoms. The molecule has 0 fully saturated rings. The van der Waals surface area contributed by atoms with Gasteiger partial charge in [0.05, 0.1) is 18.8 Å². The minimum atomic E-state index is 0.454. The molecule has 0 aliphatic carbocycles. The Kier molecular flexibility index (Phi) is 3.81. The van der Waals surface area contributed by atoms with E-state index in [-0.39, 0.29) is 0 Å². The molecule has 0 aliphatic heterocycles. The molecular formula is C10H17N7. The summed E-state index contributed by atoms with van der Waals surface area (Å²) < 4.78 is 3.59. The van der Waals surface area contributed by atoms with Crippen molar-refractivity contribution in [1.29, 1.82) is 0 Å². The summed E-state index contributed by atoms with van der Waals surface area (Å²) in [5.74, 6) is 0. The molecule has 2 aromatic rings. The van der Waals surface area contributed by atoms with Crippen LogP contribution in [0.1, 0.15) is 19.5 Å². The third-order valence-corrected chi connectivity index (χ3v) is 2.30. The van der Waals surface area contributed by atoms with Gasteiger partial charge in [0.1, 0.15) is 12.7 Å². The molecule has 7 heteroatoms. The van der Waals surface area contributed by atoms with E-state index in [1.807, 2.05) is 10.9 Å². The highest BCUT2D eigenvalue weighted by Crippen LogP contribution is 1.94. The van der Waals surface area contributed by atoms with Crippen molar-refractivity contribution in [3.8, 4) is 0 Å². The van der Waals surface area contributed by atoms with Gasteiger partial charge in [-0.2, -0.15) is 5.10 Å². The molecule has 0 saturated carbocycles. The van der Waals surface area contributed by atoms with E-state index in [1.165, 1.54) is 6.33 Å². The van der Waals surface area contributed by atoms with E-state index in [9.17, 15) is 0 Å². The van der Waals surface area contributed by atoms with Gasteiger partial charge in [-0.05, 0) is 0 Å². The summed E-state index contributed by atoms with van der Waals surface area (Å²) in [5, 5.41) is 15.5. The first-order valence-corrected chi connectivity index (χ1v) is 5.69. The average Bonchev–Trinajstić information content (AvgIpc) is 2.95. The van der Waals surface area contributed by atoms with Gasteiger partial charge in [0.2, 0.25) is 0 Å². The molecule has 7 nitrogen and oxygen atoms in total. The largest absolute Gasteiger partial charge is 0.309 e. The lowest BCUT2D eigenvalue weighted by atomic mass is 10.3. The highest BCUT2D eigenvalue weighted by atomic mass is 15.4. The Hall–Kier alpha value is -1.76. The van der Waals surface area contributed by atoms with Crippen molar-refractivity contribution in [3.05, 3.63) is 24.5 Å². The number of hydrogen-bond acceptors (Lipinski definition) is 5. The van der Waals surface area contributed by atoms with Gasteiger partial charge in [-0.1, -0.05) is 19.1 Å². The first-order valence-electron chi connectivity index (χ1n) is 5.69. The van der Waals surface area contributed by atoms with Crippen LogP contribution in [0.3, 0.4) is 0 Å². The molecule has 0 unspecified atom stereocenters. The van der Waals surface area contributed by atoms with Crippen molar-refractivity contribution in [1.82, 2.24) is 35.1 Å². The zero-order chi connectivity index (χ0) is 12.1. The molecule has 0 amide bonds. The van der Waals surface area contributed by atoms with Crippen LogP contribution in [-0.4, -0.2) is 35.8 Å². The Labute approximate surface area is 99.9 Å². The molecule has 92 valence electrons. The number of hydrogen-bond donors (Lipinski definition) is 1. The smallest absolute Gasteiger partial charge is 0.137 e. The first-order chi connectivity index (χ1) is 8.24. The molecule has 0 aromatic carbocycles. The molecule has 0 bridgehead atoms. The van der Waals surface area contributed by atoms with Gasteiger partial charge in [-0.15, -0.1) is 5.10 Å². The van der Waals surface area contributed by atoms with Crippen molar-refractivity contribution < 1.29 is 0 Å². The first kappa shape index (κ1) is 11.7. The fraction of sp³-hybridized carbons (Fsp3) is 0.600. The summed E-state index contributed by atoms with van der Waals surface area (Å²) in [6.45, 7) is 6.46. The van der Waals surface area contributed by atoms with Gasteiger partial charge >= 0.3 is 0 Å². The lowest BCUT2D eigenvalue weighted by Gasteiger charge is -2.04. The van der Waals surface area contributed by atoms with Crippen molar-refractivity contribution in [3.63, 3.8) is 0 Å². The van der Waals surface area contributed by atoms with E-state index in [0.717, 1.165) is 25.3 Å². The summed E-state index contributed by atoms with van der Waals surface area (Å²) in [6.07, 6.45) is 5.17. The maximum absolute atomic E-state index is 4.09. The second kappa shape index (κ2) is 5.53. The molecule has 2 aromatic heterocycles. The Bertz CT molecular complexity index is 431. The summed E-state index contributed by atoms with van der Waals surface area (Å²) >= 11 is 0.